The minimum atomic E-state index is 0.0509. The topological polar surface area (TPSA) is 29.1 Å². The zero-order valence-electron chi connectivity index (χ0n) is 11.6. The third-order valence-electron chi connectivity index (χ3n) is 3.41. The van der Waals surface area contributed by atoms with Gasteiger partial charge in [0.05, 0.1) is 0 Å². The molecule has 0 aliphatic carbocycles. The number of hydrogen-bond donors (Lipinski definition) is 1. The Morgan fingerprint density at radius 2 is 1.94 bits per heavy atom. The van der Waals surface area contributed by atoms with Gasteiger partial charge in [0, 0.05) is 18.0 Å². The Balaban J connectivity index is 2.65. The van der Waals surface area contributed by atoms with E-state index >= 15 is 0 Å². The molecule has 18 heavy (non-hydrogen) atoms. The first kappa shape index (κ1) is 15.0. The highest BCUT2D eigenvalue weighted by atomic mass is 35.5. The minimum absolute atomic E-state index is 0.0509. The minimum Gasteiger partial charge on any atom is -0.326 e. The highest BCUT2D eigenvalue weighted by Gasteiger charge is 2.22. The lowest BCUT2D eigenvalue weighted by Gasteiger charge is -2.26. The van der Waals surface area contributed by atoms with Crippen LogP contribution in [0, 0.1) is 11.3 Å². The lowest BCUT2D eigenvalue weighted by Crippen LogP contribution is -2.24. The fourth-order valence-corrected chi connectivity index (χ4v) is 1.78. The molecule has 0 spiro atoms. The normalized spacial score (nSPS) is 13.2. The predicted molar refractivity (Wildman–Crippen MR) is 77.9 cm³/mol. The van der Waals surface area contributed by atoms with Crippen molar-refractivity contribution in [3.63, 3.8) is 0 Å². The molecule has 0 saturated heterocycles. The van der Waals surface area contributed by atoms with Gasteiger partial charge in [-0.1, -0.05) is 45.9 Å². The molecule has 0 aromatic heterocycles. The van der Waals surface area contributed by atoms with Crippen LogP contribution in [0.3, 0.4) is 0 Å². The van der Waals surface area contributed by atoms with E-state index in [1.54, 1.807) is 0 Å². The Labute approximate surface area is 115 Å². The molecule has 1 rings (SSSR count). The molecule has 0 heterocycles. The highest BCUT2D eigenvalue weighted by Crippen LogP contribution is 2.28. The molecule has 2 nitrogen and oxygen atoms in total. The van der Waals surface area contributed by atoms with Crippen LogP contribution < -0.4 is 5.32 Å². The van der Waals surface area contributed by atoms with Crippen LogP contribution in [-0.2, 0) is 10.7 Å². The van der Waals surface area contributed by atoms with Gasteiger partial charge in [0.25, 0.3) is 0 Å². The Bertz CT molecular complexity index is 409. The van der Waals surface area contributed by atoms with Crippen LogP contribution >= 0.6 is 11.6 Å². The largest absolute Gasteiger partial charge is 0.326 e. The van der Waals surface area contributed by atoms with Gasteiger partial charge in [0.1, 0.15) is 0 Å². The molecule has 0 radical (unpaired) electrons. The molecule has 0 fully saturated rings. The number of carbonyl (C=O) groups is 1. The van der Waals surface area contributed by atoms with Crippen molar-refractivity contribution in [2.45, 2.75) is 40.0 Å². The molecule has 0 aliphatic heterocycles. The Kier molecular flexibility index (Phi) is 5.21. The summed E-state index contributed by atoms with van der Waals surface area (Å²) in [5.74, 6) is 0.793. The summed E-state index contributed by atoms with van der Waals surface area (Å²) in [4.78, 5) is 12.0. The van der Waals surface area contributed by atoms with Crippen molar-refractivity contribution < 1.29 is 4.79 Å². The lowest BCUT2D eigenvalue weighted by molar-refractivity contribution is -0.117. The first-order chi connectivity index (χ1) is 8.34. The number of para-hydroxylation sites is 1. The van der Waals surface area contributed by atoms with Crippen molar-refractivity contribution in [1.82, 2.24) is 0 Å². The maximum Gasteiger partial charge on any atom is 0.224 e. The Morgan fingerprint density at radius 3 is 2.50 bits per heavy atom. The van der Waals surface area contributed by atoms with Crippen LogP contribution in [0.2, 0.25) is 0 Å². The first-order valence-electron chi connectivity index (χ1n) is 6.28. The van der Waals surface area contributed by atoms with Gasteiger partial charge in [-0.2, -0.15) is 0 Å². The van der Waals surface area contributed by atoms with E-state index in [2.05, 4.69) is 33.0 Å². The van der Waals surface area contributed by atoms with Gasteiger partial charge in [-0.3, -0.25) is 4.79 Å². The maximum absolute atomic E-state index is 12.0. The van der Waals surface area contributed by atoms with E-state index in [-0.39, 0.29) is 11.3 Å². The van der Waals surface area contributed by atoms with Gasteiger partial charge in [-0.25, -0.2) is 0 Å². The van der Waals surface area contributed by atoms with E-state index in [1.165, 1.54) is 0 Å². The molecular formula is C15H22ClNO. The molecule has 1 unspecified atom stereocenters. The number of halogens is 1. The SMILES string of the molecule is CC(CC(=O)Nc1ccccc1CCl)C(C)(C)C. The van der Waals surface area contributed by atoms with E-state index < -0.39 is 0 Å². The molecule has 1 N–H and O–H groups in total. The second kappa shape index (κ2) is 6.24. The first-order valence-corrected chi connectivity index (χ1v) is 6.81. The van der Waals surface area contributed by atoms with E-state index in [4.69, 9.17) is 11.6 Å². The summed E-state index contributed by atoms with van der Waals surface area (Å²) in [7, 11) is 0. The standard InChI is InChI=1S/C15H22ClNO/c1-11(15(2,3)4)9-14(18)17-13-8-6-5-7-12(13)10-16/h5-8,11H,9-10H2,1-4H3,(H,17,18). The quantitative estimate of drug-likeness (QED) is 0.803. The molecule has 1 aromatic carbocycles. The fourth-order valence-electron chi connectivity index (χ4n) is 1.54. The van der Waals surface area contributed by atoms with Crippen LogP contribution in [0.4, 0.5) is 5.69 Å². The van der Waals surface area contributed by atoms with Crippen molar-refractivity contribution in [1.29, 1.82) is 0 Å². The van der Waals surface area contributed by atoms with Crippen LogP contribution in [0.1, 0.15) is 39.7 Å². The van der Waals surface area contributed by atoms with E-state index in [0.717, 1.165) is 11.3 Å². The number of rotatable bonds is 4. The van der Waals surface area contributed by atoms with Crippen LogP contribution in [-0.4, -0.2) is 5.91 Å². The lowest BCUT2D eigenvalue weighted by atomic mass is 9.80. The Morgan fingerprint density at radius 1 is 1.33 bits per heavy atom. The molecule has 0 bridgehead atoms. The molecule has 100 valence electrons. The monoisotopic (exact) mass is 267 g/mol. The zero-order chi connectivity index (χ0) is 13.8. The average molecular weight is 268 g/mol. The molecule has 1 amide bonds. The summed E-state index contributed by atoms with van der Waals surface area (Å²) in [6, 6.07) is 7.64. The smallest absolute Gasteiger partial charge is 0.224 e. The van der Waals surface area contributed by atoms with Gasteiger partial charge in [0.2, 0.25) is 5.91 Å². The second-order valence-electron chi connectivity index (χ2n) is 5.81. The fraction of sp³-hybridized carbons (Fsp3) is 0.533. The van der Waals surface area contributed by atoms with Crippen molar-refractivity contribution in [2.75, 3.05) is 5.32 Å². The van der Waals surface area contributed by atoms with Crippen LogP contribution in [0.15, 0.2) is 24.3 Å². The summed E-state index contributed by atoms with van der Waals surface area (Å²) in [5.41, 5.74) is 1.91. The van der Waals surface area contributed by atoms with Crippen molar-refractivity contribution in [3.05, 3.63) is 29.8 Å². The van der Waals surface area contributed by atoms with E-state index in [0.29, 0.717) is 18.2 Å². The third-order valence-corrected chi connectivity index (χ3v) is 3.69. The van der Waals surface area contributed by atoms with E-state index in [1.807, 2.05) is 24.3 Å². The molecule has 1 atom stereocenters. The number of alkyl halides is 1. The average Bonchev–Trinajstić information content (AvgIpc) is 2.28. The van der Waals surface area contributed by atoms with Crippen molar-refractivity contribution in [2.24, 2.45) is 11.3 Å². The zero-order valence-corrected chi connectivity index (χ0v) is 12.3. The summed E-state index contributed by atoms with van der Waals surface area (Å²) in [6.45, 7) is 8.56. The highest BCUT2D eigenvalue weighted by molar-refractivity contribution is 6.17. The van der Waals surface area contributed by atoms with Crippen molar-refractivity contribution in [3.8, 4) is 0 Å². The van der Waals surface area contributed by atoms with Gasteiger partial charge >= 0.3 is 0 Å². The van der Waals surface area contributed by atoms with E-state index in [9.17, 15) is 4.79 Å². The van der Waals surface area contributed by atoms with Crippen molar-refractivity contribution >= 4 is 23.2 Å². The number of hydrogen-bond acceptors (Lipinski definition) is 1. The predicted octanol–water partition coefficient (Wildman–Crippen LogP) is 4.44. The Hall–Kier alpha value is -1.02. The van der Waals surface area contributed by atoms with Gasteiger partial charge in [-0.15, -0.1) is 11.6 Å². The molecular weight excluding hydrogens is 246 g/mol. The van der Waals surface area contributed by atoms with Crippen LogP contribution in [0.25, 0.3) is 0 Å². The third kappa shape index (κ3) is 4.34. The molecule has 1 aromatic rings. The number of carbonyl (C=O) groups excluding carboxylic acids is 1. The number of amides is 1. The molecule has 0 saturated carbocycles. The second-order valence-corrected chi connectivity index (χ2v) is 6.08. The number of benzene rings is 1. The summed E-state index contributed by atoms with van der Waals surface area (Å²) < 4.78 is 0. The van der Waals surface area contributed by atoms with Gasteiger partial charge in [0.15, 0.2) is 0 Å². The van der Waals surface area contributed by atoms with Gasteiger partial charge in [-0.05, 0) is 23.0 Å². The number of nitrogens with one attached hydrogen (secondary N) is 1. The summed E-state index contributed by atoms with van der Waals surface area (Å²) >= 11 is 5.84. The molecule has 0 aliphatic rings. The maximum atomic E-state index is 12.0. The molecule has 3 heteroatoms. The van der Waals surface area contributed by atoms with Crippen LogP contribution in [0.5, 0.6) is 0 Å². The number of anilines is 1. The van der Waals surface area contributed by atoms with Gasteiger partial charge < -0.3 is 5.32 Å². The summed E-state index contributed by atoms with van der Waals surface area (Å²) in [5, 5.41) is 2.94. The summed E-state index contributed by atoms with van der Waals surface area (Å²) in [6.07, 6.45) is 0.528.